The van der Waals surface area contributed by atoms with Gasteiger partial charge < -0.3 is 15.3 Å². The summed E-state index contributed by atoms with van der Waals surface area (Å²) >= 11 is 0. The van der Waals surface area contributed by atoms with Crippen LogP contribution in [0.4, 0.5) is 5.69 Å². The highest BCUT2D eigenvalue weighted by atomic mass is 16.3. The van der Waals surface area contributed by atoms with Gasteiger partial charge in [-0.1, -0.05) is 6.07 Å². The first-order chi connectivity index (χ1) is 8.51. The number of nitrogens with one attached hydrogen (secondary N) is 1. The fourth-order valence-electron chi connectivity index (χ4n) is 1.91. The Hall–Kier alpha value is -1.55. The Bertz CT molecular complexity index is 416. The lowest BCUT2D eigenvalue weighted by atomic mass is 10.1. The SMILES string of the molecule is CNc1cc(C)ccc1C(=O)N(CCO)C(C)C. The van der Waals surface area contributed by atoms with E-state index in [0.29, 0.717) is 12.1 Å². The van der Waals surface area contributed by atoms with Crippen LogP contribution in [0.2, 0.25) is 0 Å². The van der Waals surface area contributed by atoms with Crippen LogP contribution in [0.1, 0.15) is 29.8 Å². The van der Waals surface area contributed by atoms with E-state index in [-0.39, 0.29) is 18.6 Å². The van der Waals surface area contributed by atoms with Gasteiger partial charge in [0, 0.05) is 25.3 Å². The van der Waals surface area contributed by atoms with Crippen molar-refractivity contribution in [1.29, 1.82) is 0 Å². The van der Waals surface area contributed by atoms with E-state index in [4.69, 9.17) is 5.11 Å². The lowest BCUT2D eigenvalue weighted by Gasteiger charge is -2.27. The van der Waals surface area contributed by atoms with Crippen molar-refractivity contribution in [2.45, 2.75) is 26.8 Å². The van der Waals surface area contributed by atoms with Gasteiger partial charge in [-0.3, -0.25) is 4.79 Å². The summed E-state index contributed by atoms with van der Waals surface area (Å²) in [6.45, 7) is 6.21. The number of carbonyl (C=O) groups is 1. The number of hydrogen-bond donors (Lipinski definition) is 2. The molecule has 2 N–H and O–H groups in total. The fourth-order valence-corrected chi connectivity index (χ4v) is 1.91. The molecule has 0 aliphatic carbocycles. The van der Waals surface area contributed by atoms with Crippen LogP contribution < -0.4 is 5.32 Å². The van der Waals surface area contributed by atoms with Crippen molar-refractivity contribution >= 4 is 11.6 Å². The zero-order valence-electron chi connectivity index (χ0n) is 11.5. The molecule has 1 amide bonds. The highest BCUT2D eigenvalue weighted by molar-refractivity contribution is 5.99. The van der Waals surface area contributed by atoms with Crippen molar-refractivity contribution in [3.8, 4) is 0 Å². The predicted octanol–water partition coefficient (Wildman–Crippen LogP) is 1.88. The highest BCUT2D eigenvalue weighted by Gasteiger charge is 2.20. The van der Waals surface area contributed by atoms with Crippen LogP contribution in [0, 0.1) is 6.92 Å². The Kier molecular flexibility index (Phi) is 5.16. The van der Waals surface area contributed by atoms with Crippen molar-refractivity contribution in [2.75, 3.05) is 25.5 Å². The van der Waals surface area contributed by atoms with Gasteiger partial charge in [0.1, 0.15) is 0 Å². The molecule has 0 bridgehead atoms. The topological polar surface area (TPSA) is 52.6 Å². The van der Waals surface area contributed by atoms with E-state index < -0.39 is 0 Å². The van der Waals surface area contributed by atoms with E-state index >= 15 is 0 Å². The lowest BCUT2D eigenvalue weighted by Crippen LogP contribution is -2.39. The summed E-state index contributed by atoms with van der Waals surface area (Å²) in [5.41, 5.74) is 2.57. The second kappa shape index (κ2) is 6.40. The number of nitrogens with zero attached hydrogens (tertiary/aromatic N) is 1. The number of anilines is 1. The van der Waals surface area contributed by atoms with E-state index in [1.165, 1.54) is 0 Å². The maximum Gasteiger partial charge on any atom is 0.256 e. The molecule has 1 aromatic carbocycles. The molecule has 0 aliphatic rings. The quantitative estimate of drug-likeness (QED) is 0.839. The van der Waals surface area contributed by atoms with E-state index in [0.717, 1.165) is 11.3 Å². The third kappa shape index (κ3) is 3.23. The summed E-state index contributed by atoms with van der Waals surface area (Å²) in [7, 11) is 1.80. The molecule has 1 aromatic rings. The third-order valence-electron chi connectivity index (χ3n) is 2.90. The molecule has 0 heterocycles. The smallest absolute Gasteiger partial charge is 0.256 e. The summed E-state index contributed by atoms with van der Waals surface area (Å²) in [5, 5.41) is 12.1. The molecule has 0 aromatic heterocycles. The number of rotatable bonds is 5. The molecule has 4 nitrogen and oxygen atoms in total. The van der Waals surface area contributed by atoms with Crippen LogP contribution in [0.15, 0.2) is 18.2 Å². The van der Waals surface area contributed by atoms with Gasteiger partial charge in [0.05, 0.1) is 12.2 Å². The first kappa shape index (κ1) is 14.5. The molecule has 0 saturated carbocycles. The first-order valence-electron chi connectivity index (χ1n) is 6.21. The average molecular weight is 250 g/mol. The van der Waals surface area contributed by atoms with E-state index in [1.54, 1.807) is 11.9 Å². The minimum atomic E-state index is -0.0524. The Balaban J connectivity index is 3.08. The normalized spacial score (nSPS) is 10.6. The van der Waals surface area contributed by atoms with Crippen LogP contribution in [-0.2, 0) is 0 Å². The molecule has 100 valence electrons. The van der Waals surface area contributed by atoms with Crippen molar-refractivity contribution in [2.24, 2.45) is 0 Å². The summed E-state index contributed by atoms with van der Waals surface area (Å²) in [4.78, 5) is 14.1. The van der Waals surface area contributed by atoms with Gasteiger partial charge in [-0.25, -0.2) is 0 Å². The van der Waals surface area contributed by atoms with Gasteiger partial charge >= 0.3 is 0 Å². The van der Waals surface area contributed by atoms with Gasteiger partial charge in [0.15, 0.2) is 0 Å². The molecule has 1 rings (SSSR count). The zero-order chi connectivity index (χ0) is 13.7. The van der Waals surface area contributed by atoms with Crippen molar-refractivity contribution in [1.82, 2.24) is 4.90 Å². The third-order valence-corrected chi connectivity index (χ3v) is 2.90. The number of hydrogen-bond acceptors (Lipinski definition) is 3. The Morgan fingerprint density at radius 2 is 2.11 bits per heavy atom. The molecular weight excluding hydrogens is 228 g/mol. The number of aliphatic hydroxyl groups is 1. The van der Waals surface area contributed by atoms with Crippen LogP contribution in [0.25, 0.3) is 0 Å². The summed E-state index contributed by atoms with van der Waals surface area (Å²) in [6, 6.07) is 5.77. The van der Waals surface area contributed by atoms with Crippen molar-refractivity contribution < 1.29 is 9.90 Å². The highest BCUT2D eigenvalue weighted by Crippen LogP contribution is 2.19. The Morgan fingerprint density at radius 3 is 2.61 bits per heavy atom. The van der Waals surface area contributed by atoms with Crippen LogP contribution in [-0.4, -0.2) is 42.2 Å². The van der Waals surface area contributed by atoms with Gasteiger partial charge in [-0.2, -0.15) is 0 Å². The molecule has 0 saturated heterocycles. The molecule has 0 atom stereocenters. The van der Waals surface area contributed by atoms with Crippen LogP contribution in [0.3, 0.4) is 0 Å². The number of aryl methyl sites for hydroxylation is 1. The first-order valence-corrected chi connectivity index (χ1v) is 6.21. The summed E-state index contributed by atoms with van der Waals surface area (Å²) < 4.78 is 0. The summed E-state index contributed by atoms with van der Waals surface area (Å²) in [5.74, 6) is -0.0524. The molecule has 0 radical (unpaired) electrons. The van der Waals surface area contributed by atoms with Gasteiger partial charge in [0.25, 0.3) is 5.91 Å². The van der Waals surface area contributed by atoms with Crippen molar-refractivity contribution in [3.63, 3.8) is 0 Å². The second-order valence-corrected chi connectivity index (χ2v) is 4.61. The fraction of sp³-hybridized carbons (Fsp3) is 0.500. The number of carbonyl (C=O) groups excluding carboxylic acids is 1. The van der Waals surface area contributed by atoms with Crippen molar-refractivity contribution in [3.05, 3.63) is 29.3 Å². The lowest BCUT2D eigenvalue weighted by molar-refractivity contribution is 0.0666. The molecule has 0 spiro atoms. The van der Waals surface area contributed by atoms with Gasteiger partial charge in [0.2, 0.25) is 0 Å². The van der Waals surface area contributed by atoms with E-state index in [1.807, 2.05) is 39.0 Å². The maximum atomic E-state index is 12.4. The molecule has 18 heavy (non-hydrogen) atoms. The van der Waals surface area contributed by atoms with Crippen LogP contribution in [0.5, 0.6) is 0 Å². The minimum Gasteiger partial charge on any atom is -0.395 e. The van der Waals surface area contributed by atoms with E-state index in [9.17, 15) is 4.79 Å². The van der Waals surface area contributed by atoms with E-state index in [2.05, 4.69) is 5.32 Å². The predicted molar refractivity (Wildman–Crippen MR) is 74.0 cm³/mol. The minimum absolute atomic E-state index is 0.0231. The number of amides is 1. The van der Waals surface area contributed by atoms with Gasteiger partial charge in [-0.15, -0.1) is 0 Å². The monoisotopic (exact) mass is 250 g/mol. The molecular formula is C14H22N2O2. The molecule has 0 unspecified atom stereocenters. The maximum absolute atomic E-state index is 12.4. The number of benzene rings is 1. The molecule has 0 aliphatic heterocycles. The number of aliphatic hydroxyl groups excluding tert-OH is 1. The second-order valence-electron chi connectivity index (χ2n) is 4.61. The molecule has 0 fully saturated rings. The Morgan fingerprint density at radius 1 is 1.44 bits per heavy atom. The van der Waals surface area contributed by atoms with Gasteiger partial charge in [-0.05, 0) is 38.5 Å². The van der Waals surface area contributed by atoms with Crippen LogP contribution >= 0.6 is 0 Å². The Labute approximate surface area is 109 Å². The largest absolute Gasteiger partial charge is 0.395 e. The summed E-state index contributed by atoms with van der Waals surface area (Å²) in [6.07, 6.45) is 0. The standard InChI is InChI=1S/C14H22N2O2/c1-10(2)16(7-8-17)14(18)12-6-5-11(3)9-13(12)15-4/h5-6,9-10,15,17H,7-8H2,1-4H3. The molecule has 4 heteroatoms. The zero-order valence-corrected chi connectivity index (χ0v) is 11.5. The average Bonchev–Trinajstić information content (AvgIpc) is 2.34.